The SMILES string of the molecule is Cl.Cl.NCc1nc(Cl)c(Cl)c(N2CCN(CCC3CCC(N)CC3)CC2)n1.O. The van der Waals surface area contributed by atoms with Crippen molar-refractivity contribution in [1.29, 1.82) is 0 Å². The van der Waals surface area contributed by atoms with Crippen LogP contribution in [0.25, 0.3) is 0 Å². The summed E-state index contributed by atoms with van der Waals surface area (Å²) < 4.78 is 0. The zero-order valence-electron chi connectivity index (χ0n) is 15.9. The molecule has 1 saturated heterocycles. The molecular formula is C17H32Cl4N6O. The molecule has 0 radical (unpaired) electrons. The second kappa shape index (κ2) is 13.2. The van der Waals surface area contributed by atoms with Crippen molar-refractivity contribution in [3.05, 3.63) is 16.0 Å². The van der Waals surface area contributed by atoms with Gasteiger partial charge in [-0.05, 0) is 44.6 Å². The van der Waals surface area contributed by atoms with Crippen LogP contribution in [0.3, 0.4) is 0 Å². The lowest BCUT2D eigenvalue weighted by molar-refractivity contribution is 0.216. The van der Waals surface area contributed by atoms with Gasteiger partial charge in [0, 0.05) is 32.2 Å². The van der Waals surface area contributed by atoms with Crippen molar-refractivity contribution in [2.75, 3.05) is 37.6 Å². The Kier molecular flexibility index (Phi) is 13.2. The predicted molar refractivity (Wildman–Crippen MR) is 121 cm³/mol. The van der Waals surface area contributed by atoms with E-state index in [1.54, 1.807) is 0 Å². The van der Waals surface area contributed by atoms with E-state index in [0.29, 0.717) is 22.7 Å². The topological polar surface area (TPSA) is 116 Å². The van der Waals surface area contributed by atoms with E-state index in [2.05, 4.69) is 19.8 Å². The summed E-state index contributed by atoms with van der Waals surface area (Å²) in [5.41, 5.74) is 11.6. The van der Waals surface area contributed by atoms with Crippen LogP contribution in [0.4, 0.5) is 5.82 Å². The van der Waals surface area contributed by atoms with E-state index in [0.717, 1.165) is 32.1 Å². The van der Waals surface area contributed by atoms with Gasteiger partial charge in [-0.15, -0.1) is 24.8 Å². The fraction of sp³-hybridized carbons (Fsp3) is 0.765. The Bertz CT molecular complexity index is 581. The van der Waals surface area contributed by atoms with Crippen LogP contribution >= 0.6 is 48.0 Å². The average molecular weight is 478 g/mol. The summed E-state index contributed by atoms with van der Waals surface area (Å²) in [5, 5.41) is 0.705. The summed E-state index contributed by atoms with van der Waals surface area (Å²) >= 11 is 12.4. The van der Waals surface area contributed by atoms with Gasteiger partial charge in [0.05, 0.1) is 6.54 Å². The van der Waals surface area contributed by atoms with E-state index in [4.69, 9.17) is 34.7 Å². The Hall–Kier alpha value is -0.120. The molecule has 3 rings (SSSR count). The second-order valence-electron chi connectivity index (χ2n) is 7.17. The molecule has 0 atom stereocenters. The van der Waals surface area contributed by atoms with Crippen molar-refractivity contribution in [1.82, 2.24) is 14.9 Å². The fourth-order valence-electron chi connectivity index (χ4n) is 3.78. The molecule has 2 aliphatic rings. The molecule has 28 heavy (non-hydrogen) atoms. The van der Waals surface area contributed by atoms with Gasteiger partial charge in [-0.1, -0.05) is 23.2 Å². The third-order valence-corrected chi connectivity index (χ3v) is 6.16. The average Bonchev–Trinajstić information content (AvgIpc) is 2.64. The first-order valence-corrected chi connectivity index (χ1v) is 9.97. The fourth-order valence-corrected chi connectivity index (χ4v) is 4.16. The quantitative estimate of drug-likeness (QED) is 0.628. The van der Waals surface area contributed by atoms with Crippen LogP contribution in [0.1, 0.15) is 37.9 Å². The number of halogens is 4. The van der Waals surface area contributed by atoms with Gasteiger partial charge in [0.15, 0.2) is 11.0 Å². The van der Waals surface area contributed by atoms with Gasteiger partial charge < -0.3 is 21.8 Å². The first kappa shape index (κ1) is 27.9. The summed E-state index contributed by atoms with van der Waals surface area (Å²) in [7, 11) is 0. The molecule has 1 aliphatic carbocycles. The van der Waals surface area contributed by atoms with Crippen molar-refractivity contribution in [2.45, 2.75) is 44.7 Å². The molecule has 0 unspecified atom stereocenters. The van der Waals surface area contributed by atoms with Crippen LogP contribution in [0.15, 0.2) is 0 Å². The summed E-state index contributed by atoms with van der Waals surface area (Å²) in [6, 6.07) is 0.433. The summed E-state index contributed by atoms with van der Waals surface area (Å²) in [4.78, 5) is 13.3. The minimum atomic E-state index is 0. The largest absolute Gasteiger partial charge is 0.412 e. The molecule has 1 aromatic rings. The lowest BCUT2D eigenvalue weighted by Gasteiger charge is -2.37. The number of hydrogen-bond acceptors (Lipinski definition) is 6. The number of anilines is 1. The van der Waals surface area contributed by atoms with Crippen LogP contribution in [-0.4, -0.2) is 59.1 Å². The van der Waals surface area contributed by atoms with Gasteiger partial charge in [-0.25, -0.2) is 9.97 Å². The van der Waals surface area contributed by atoms with Crippen LogP contribution < -0.4 is 16.4 Å². The van der Waals surface area contributed by atoms with Gasteiger partial charge in [-0.2, -0.15) is 0 Å². The standard InChI is InChI=1S/C17H28Cl2N6.2ClH.H2O/c18-15-16(19)22-14(11-20)23-17(15)25-9-7-24(8-10-25)6-5-12-1-3-13(21)4-2-12;;;/h12-13H,1-11,20-21H2;2*1H;1H2. The molecule has 7 nitrogen and oxygen atoms in total. The van der Waals surface area contributed by atoms with Crippen molar-refractivity contribution in [3.63, 3.8) is 0 Å². The maximum absolute atomic E-state index is 6.30. The summed E-state index contributed by atoms with van der Waals surface area (Å²) in [5.74, 6) is 2.09. The van der Waals surface area contributed by atoms with Crippen molar-refractivity contribution >= 4 is 53.8 Å². The molecule has 6 N–H and O–H groups in total. The Morgan fingerprint density at radius 3 is 2.14 bits per heavy atom. The molecule has 0 amide bonds. The van der Waals surface area contributed by atoms with E-state index >= 15 is 0 Å². The molecule has 1 aromatic heterocycles. The Morgan fingerprint density at radius 1 is 0.964 bits per heavy atom. The Morgan fingerprint density at radius 2 is 1.57 bits per heavy atom. The number of aromatic nitrogens is 2. The molecule has 11 heteroatoms. The van der Waals surface area contributed by atoms with E-state index < -0.39 is 0 Å². The molecule has 0 spiro atoms. The Labute approximate surface area is 189 Å². The van der Waals surface area contributed by atoms with Crippen LogP contribution in [0.2, 0.25) is 10.2 Å². The molecule has 0 aromatic carbocycles. The van der Waals surface area contributed by atoms with Gasteiger partial charge in [0.25, 0.3) is 0 Å². The summed E-state index contributed by atoms with van der Waals surface area (Å²) in [6.07, 6.45) is 6.24. The number of nitrogens with two attached hydrogens (primary N) is 2. The third kappa shape index (κ3) is 7.29. The van der Waals surface area contributed by atoms with Crippen molar-refractivity contribution < 1.29 is 5.48 Å². The number of rotatable bonds is 5. The first-order chi connectivity index (χ1) is 12.1. The first-order valence-electron chi connectivity index (χ1n) is 9.21. The molecule has 164 valence electrons. The highest BCUT2D eigenvalue weighted by Gasteiger charge is 2.24. The highest BCUT2D eigenvalue weighted by atomic mass is 35.5. The molecule has 0 bridgehead atoms. The van der Waals surface area contributed by atoms with Gasteiger partial charge >= 0.3 is 0 Å². The molecule has 1 saturated carbocycles. The van der Waals surface area contributed by atoms with Gasteiger partial charge in [-0.3, -0.25) is 4.90 Å². The van der Waals surface area contributed by atoms with Crippen LogP contribution in [0.5, 0.6) is 0 Å². The lowest BCUT2D eigenvalue weighted by Crippen LogP contribution is -2.47. The highest BCUT2D eigenvalue weighted by Crippen LogP contribution is 2.30. The maximum atomic E-state index is 6.30. The van der Waals surface area contributed by atoms with Crippen LogP contribution in [0, 0.1) is 5.92 Å². The normalized spacial score (nSPS) is 22.6. The Balaban J connectivity index is 0.00000243. The minimum absolute atomic E-state index is 0. The smallest absolute Gasteiger partial charge is 0.153 e. The van der Waals surface area contributed by atoms with E-state index in [1.807, 2.05) is 0 Å². The molecular weight excluding hydrogens is 446 g/mol. The predicted octanol–water partition coefficient (Wildman–Crippen LogP) is 2.29. The van der Waals surface area contributed by atoms with Gasteiger partial charge in [0.2, 0.25) is 0 Å². The van der Waals surface area contributed by atoms with Gasteiger partial charge in [0.1, 0.15) is 10.8 Å². The number of piperazine rings is 1. The van der Waals surface area contributed by atoms with E-state index in [9.17, 15) is 0 Å². The zero-order valence-corrected chi connectivity index (χ0v) is 19.1. The monoisotopic (exact) mass is 476 g/mol. The minimum Gasteiger partial charge on any atom is -0.412 e. The number of nitrogens with zero attached hydrogens (tertiary/aromatic N) is 4. The molecule has 2 heterocycles. The van der Waals surface area contributed by atoms with Crippen LogP contribution in [-0.2, 0) is 6.54 Å². The lowest BCUT2D eigenvalue weighted by atomic mass is 9.84. The van der Waals surface area contributed by atoms with Crippen molar-refractivity contribution in [2.24, 2.45) is 17.4 Å². The zero-order chi connectivity index (χ0) is 17.8. The third-order valence-electron chi connectivity index (χ3n) is 5.44. The number of hydrogen-bond donors (Lipinski definition) is 2. The van der Waals surface area contributed by atoms with Crippen molar-refractivity contribution in [3.8, 4) is 0 Å². The maximum Gasteiger partial charge on any atom is 0.153 e. The molecule has 1 aliphatic heterocycles. The molecule has 2 fully saturated rings. The second-order valence-corrected chi connectivity index (χ2v) is 7.91. The van der Waals surface area contributed by atoms with E-state index in [1.165, 1.54) is 38.6 Å². The summed E-state index contributed by atoms with van der Waals surface area (Å²) in [6.45, 7) is 5.25. The van der Waals surface area contributed by atoms with E-state index in [-0.39, 0.29) is 42.0 Å². The highest BCUT2D eigenvalue weighted by molar-refractivity contribution is 6.42.